The van der Waals surface area contributed by atoms with E-state index in [2.05, 4.69) is 15.5 Å². The zero-order chi connectivity index (χ0) is 21.6. The van der Waals surface area contributed by atoms with Crippen LogP contribution in [0.15, 0.2) is 96.2 Å². The van der Waals surface area contributed by atoms with E-state index in [1.165, 1.54) is 11.8 Å². The predicted octanol–water partition coefficient (Wildman–Crippen LogP) is 5.29. The van der Waals surface area contributed by atoms with E-state index in [0.29, 0.717) is 5.16 Å². The number of benzene rings is 3. The van der Waals surface area contributed by atoms with E-state index >= 15 is 0 Å². The monoisotopic (exact) mass is 428 g/mol. The van der Waals surface area contributed by atoms with Crippen molar-refractivity contribution in [2.75, 3.05) is 0 Å². The van der Waals surface area contributed by atoms with Gasteiger partial charge in [-0.3, -0.25) is 9.36 Å². The molecule has 1 amide bonds. The first-order valence-electron chi connectivity index (χ1n) is 10.2. The van der Waals surface area contributed by atoms with Crippen molar-refractivity contribution in [3.8, 4) is 17.1 Å². The number of hydrogen-bond acceptors (Lipinski definition) is 4. The van der Waals surface area contributed by atoms with Crippen LogP contribution in [0.25, 0.3) is 17.1 Å². The number of thioether (sulfide) groups is 1. The van der Waals surface area contributed by atoms with Gasteiger partial charge in [-0.2, -0.15) is 0 Å². The molecule has 4 rings (SSSR count). The molecule has 1 heterocycles. The lowest BCUT2D eigenvalue weighted by molar-refractivity contribution is -0.120. The number of aromatic nitrogens is 3. The molecular weight excluding hydrogens is 404 g/mol. The Hall–Kier alpha value is -3.38. The highest BCUT2D eigenvalue weighted by Crippen LogP contribution is 2.30. The summed E-state index contributed by atoms with van der Waals surface area (Å²) < 4.78 is 2.00. The molecule has 0 spiro atoms. The Morgan fingerprint density at radius 3 is 2.06 bits per heavy atom. The Kier molecular flexibility index (Phi) is 6.48. The average Bonchev–Trinajstić information content (AvgIpc) is 3.24. The van der Waals surface area contributed by atoms with Crippen molar-refractivity contribution in [3.63, 3.8) is 0 Å². The van der Waals surface area contributed by atoms with Gasteiger partial charge in [0.05, 0.1) is 11.3 Å². The van der Waals surface area contributed by atoms with Crippen molar-refractivity contribution in [2.24, 2.45) is 0 Å². The molecule has 156 valence electrons. The largest absolute Gasteiger partial charge is 0.349 e. The zero-order valence-corrected chi connectivity index (χ0v) is 18.3. The van der Waals surface area contributed by atoms with Gasteiger partial charge < -0.3 is 5.32 Å². The summed E-state index contributed by atoms with van der Waals surface area (Å²) in [5.41, 5.74) is 3.01. The van der Waals surface area contributed by atoms with Crippen molar-refractivity contribution in [1.82, 2.24) is 20.1 Å². The Morgan fingerprint density at radius 2 is 1.42 bits per heavy atom. The van der Waals surface area contributed by atoms with Gasteiger partial charge in [-0.1, -0.05) is 90.6 Å². The molecule has 0 aliphatic carbocycles. The third-order valence-corrected chi connectivity index (χ3v) is 6.03. The van der Waals surface area contributed by atoms with Crippen LogP contribution in [0.4, 0.5) is 0 Å². The summed E-state index contributed by atoms with van der Waals surface area (Å²) >= 11 is 1.40. The van der Waals surface area contributed by atoms with Crippen LogP contribution < -0.4 is 5.32 Å². The van der Waals surface area contributed by atoms with Gasteiger partial charge in [0.1, 0.15) is 0 Å². The molecule has 0 fully saturated rings. The van der Waals surface area contributed by atoms with Crippen LogP contribution in [-0.4, -0.2) is 25.9 Å². The number of hydrogen-bond donors (Lipinski definition) is 1. The molecule has 6 heteroatoms. The number of carbonyl (C=O) groups excluding carboxylic acids is 1. The maximum Gasteiger partial charge on any atom is 0.233 e. The van der Waals surface area contributed by atoms with E-state index in [9.17, 15) is 4.79 Å². The van der Waals surface area contributed by atoms with Gasteiger partial charge in [0.15, 0.2) is 11.0 Å². The zero-order valence-electron chi connectivity index (χ0n) is 17.5. The summed E-state index contributed by atoms with van der Waals surface area (Å²) in [6, 6.07) is 29.8. The van der Waals surface area contributed by atoms with Gasteiger partial charge in [-0.25, -0.2) is 0 Å². The van der Waals surface area contributed by atoms with Crippen molar-refractivity contribution in [2.45, 2.75) is 30.3 Å². The Balaban J connectivity index is 1.58. The van der Waals surface area contributed by atoms with Crippen LogP contribution in [-0.2, 0) is 4.79 Å². The smallest absolute Gasteiger partial charge is 0.233 e. The summed E-state index contributed by atoms with van der Waals surface area (Å²) in [6.07, 6.45) is 0. The first-order valence-corrected chi connectivity index (χ1v) is 11.1. The topological polar surface area (TPSA) is 59.8 Å². The molecule has 0 radical (unpaired) electrons. The maximum atomic E-state index is 12.9. The van der Waals surface area contributed by atoms with E-state index in [4.69, 9.17) is 0 Å². The molecule has 31 heavy (non-hydrogen) atoms. The Morgan fingerprint density at radius 1 is 0.839 bits per heavy atom. The lowest BCUT2D eigenvalue weighted by Crippen LogP contribution is -2.33. The third-order valence-electron chi connectivity index (χ3n) is 4.99. The first-order chi connectivity index (χ1) is 15.1. The standard InChI is InChI=1S/C25H24N4OS/c1-18(20-12-6-3-7-13-20)26-24(30)19(2)31-25-28-27-23(21-14-8-4-9-15-21)29(25)22-16-10-5-11-17-22/h3-19H,1-2H3,(H,26,30). The highest BCUT2D eigenvalue weighted by molar-refractivity contribution is 8.00. The fraction of sp³-hybridized carbons (Fsp3) is 0.160. The minimum atomic E-state index is -0.332. The third kappa shape index (κ3) is 4.86. The SMILES string of the molecule is CC(Sc1nnc(-c2ccccc2)n1-c1ccccc1)C(=O)NC(C)c1ccccc1. The number of amides is 1. The summed E-state index contributed by atoms with van der Waals surface area (Å²) in [7, 11) is 0. The van der Waals surface area contributed by atoms with Gasteiger partial charge >= 0.3 is 0 Å². The van der Waals surface area contributed by atoms with Gasteiger partial charge in [-0.05, 0) is 31.5 Å². The van der Waals surface area contributed by atoms with E-state index in [0.717, 1.165) is 22.6 Å². The van der Waals surface area contributed by atoms with Gasteiger partial charge in [0, 0.05) is 11.3 Å². The Labute approximate surface area is 186 Å². The summed E-state index contributed by atoms with van der Waals surface area (Å²) in [6.45, 7) is 3.88. The number of rotatable bonds is 7. The second-order valence-corrected chi connectivity index (χ2v) is 8.55. The van der Waals surface area contributed by atoms with Gasteiger partial charge in [0.2, 0.25) is 5.91 Å². The molecule has 2 unspecified atom stereocenters. The van der Waals surface area contributed by atoms with Crippen molar-refractivity contribution >= 4 is 17.7 Å². The van der Waals surface area contributed by atoms with E-state index in [-0.39, 0.29) is 17.2 Å². The number of carbonyl (C=O) groups is 1. The van der Waals surface area contributed by atoms with Crippen LogP contribution in [0.3, 0.4) is 0 Å². The minimum absolute atomic E-state index is 0.0368. The molecule has 0 saturated heterocycles. The average molecular weight is 429 g/mol. The first kappa shape index (κ1) is 20.9. The Bertz CT molecular complexity index is 1130. The van der Waals surface area contributed by atoms with Crippen molar-refractivity contribution in [1.29, 1.82) is 0 Å². The van der Waals surface area contributed by atoms with E-state index < -0.39 is 0 Å². The summed E-state index contributed by atoms with van der Waals surface area (Å²) in [5.74, 6) is 0.713. The molecule has 3 aromatic carbocycles. The van der Waals surface area contributed by atoms with Crippen LogP contribution in [0.1, 0.15) is 25.5 Å². The fourth-order valence-corrected chi connectivity index (χ4v) is 4.17. The quantitative estimate of drug-likeness (QED) is 0.406. The molecule has 0 bridgehead atoms. The molecular formula is C25H24N4OS. The number of nitrogens with one attached hydrogen (secondary N) is 1. The summed E-state index contributed by atoms with van der Waals surface area (Å²) in [5, 5.41) is 12.3. The normalized spacial score (nSPS) is 12.8. The second kappa shape index (κ2) is 9.62. The molecule has 1 aromatic heterocycles. The summed E-state index contributed by atoms with van der Waals surface area (Å²) in [4.78, 5) is 12.9. The fourth-order valence-electron chi connectivity index (χ4n) is 3.30. The maximum absolute atomic E-state index is 12.9. The predicted molar refractivity (Wildman–Crippen MR) is 125 cm³/mol. The molecule has 4 aromatic rings. The van der Waals surface area contributed by atoms with Gasteiger partial charge in [0.25, 0.3) is 0 Å². The molecule has 0 aliphatic heterocycles. The highest BCUT2D eigenvalue weighted by Gasteiger charge is 2.23. The van der Waals surface area contributed by atoms with E-state index in [1.54, 1.807) is 0 Å². The van der Waals surface area contributed by atoms with E-state index in [1.807, 2.05) is 109 Å². The lowest BCUT2D eigenvalue weighted by Gasteiger charge is -2.18. The van der Waals surface area contributed by atoms with Gasteiger partial charge in [-0.15, -0.1) is 10.2 Å². The number of nitrogens with zero attached hydrogens (tertiary/aromatic N) is 3. The molecule has 0 saturated carbocycles. The molecule has 1 N–H and O–H groups in total. The van der Waals surface area contributed by atoms with Crippen molar-refractivity contribution in [3.05, 3.63) is 96.6 Å². The molecule has 5 nitrogen and oxygen atoms in total. The van der Waals surface area contributed by atoms with Crippen LogP contribution in [0.2, 0.25) is 0 Å². The minimum Gasteiger partial charge on any atom is -0.349 e. The van der Waals surface area contributed by atoms with Crippen LogP contribution in [0.5, 0.6) is 0 Å². The van der Waals surface area contributed by atoms with Crippen molar-refractivity contribution < 1.29 is 4.79 Å². The molecule has 2 atom stereocenters. The molecule has 0 aliphatic rings. The van der Waals surface area contributed by atoms with Crippen LogP contribution in [0, 0.1) is 0 Å². The second-order valence-electron chi connectivity index (χ2n) is 7.24. The lowest BCUT2D eigenvalue weighted by atomic mass is 10.1. The highest BCUT2D eigenvalue weighted by atomic mass is 32.2. The van der Waals surface area contributed by atoms with Crippen LogP contribution >= 0.6 is 11.8 Å². The number of para-hydroxylation sites is 1.